The molecular formula is C23H27N3O3. The number of ether oxygens (including phenoxy) is 2. The van der Waals surface area contributed by atoms with Gasteiger partial charge >= 0.3 is 0 Å². The molecule has 2 aromatic carbocycles. The van der Waals surface area contributed by atoms with Gasteiger partial charge in [-0.05, 0) is 75.7 Å². The predicted octanol–water partition coefficient (Wildman–Crippen LogP) is 3.57. The number of likely N-dealkylation sites (tertiary alicyclic amines) is 1. The van der Waals surface area contributed by atoms with Crippen molar-refractivity contribution in [1.82, 2.24) is 14.5 Å². The van der Waals surface area contributed by atoms with Crippen molar-refractivity contribution in [3.63, 3.8) is 0 Å². The lowest BCUT2D eigenvalue weighted by atomic mass is 10.2. The van der Waals surface area contributed by atoms with E-state index in [1.807, 2.05) is 43.3 Å². The van der Waals surface area contributed by atoms with Crippen LogP contribution in [0.15, 0.2) is 47.3 Å². The van der Waals surface area contributed by atoms with Crippen molar-refractivity contribution in [2.75, 3.05) is 33.4 Å². The lowest BCUT2D eigenvalue weighted by Gasteiger charge is -2.15. The molecule has 1 aliphatic heterocycles. The molecule has 0 aliphatic carbocycles. The lowest BCUT2D eigenvalue weighted by Crippen LogP contribution is -2.22. The normalized spacial score (nSPS) is 14.4. The van der Waals surface area contributed by atoms with E-state index >= 15 is 0 Å². The maximum Gasteiger partial charge on any atom is 0.266 e. The Balaban J connectivity index is 1.50. The van der Waals surface area contributed by atoms with Crippen LogP contribution in [-0.4, -0.2) is 47.8 Å². The zero-order valence-electron chi connectivity index (χ0n) is 17.1. The molecule has 0 spiro atoms. The van der Waals surface area contributed by atoms with Gasteiger partial charge in [0.1, 0.15) is 22.8 Å². The average Bonchev–Trinajstić information content (AvgIpc) is 3.25. The summed E-state index contributed by atoms with van der Waals surface area (Å²) in [5.74, 6) is 2.04. The standard InChI is InChI=1S/C23H27N3O3/c1-17-24-22-20(7-5-8-21(22)28-2)23(27)26(17)18-9-11-19(12-10-18)29-16-6-15-25-13-3-4-14-25/h5,7-12H,3-4,6,13-16H2,1-2H3. The molecule has 29 heavy (non-hydrogen) atoms. The second-order valence-corrected chi connectivity index (χ2v) is 7.40. The third kappa shape index (κ3) is 4.12. The fourth-order valence-corrected chi connectivity index (χ4v) is 3.93. The minimum Gasteiger partial charge on any atom is -0.494 e. The van der Waals surface area contributed by atoms with E-state index in [2.05, 4.69) is 9.88 Å². The monoisotopic (exact) mass is 393 g/mol. The number of nitrogens with zero attached hydrogens (tertiary/aromatic N) is 3. The Morgan fingerprint density at radius 3 is 2.55 bits per heavy atom. The Hall–Kier alpha value is -2.86. The van der Waals surface area contributed by atoms with Crippen LogP contribution in [0, 0.1) is 6.92 Å². The smallest absolute Gasteiger partial charge is 0.266 e. The summed E-state index contributed by atoms with van der Waals surface area (Å²) in [6.45, 7) is 6.06. The molecule has 1 saturated heterocycles. The number of methoxy groups -OCH3 is 1. The van der Waals surface area contributed by atoms with Gasteiger partial charge in [0.05, 0.1) is 24.8 Å². The van der Waals surface area contributed by atoms with Crippen molar-refractivity contribution in [3.8, 4) is 17.2 Å². The largest absolute Gasteiger partial charge is 0.494 e. The van der Waals surface area contributed by atoms with Crippen LogP contribution in [0.4, 0.5) is 0 Å². The molecule has 152 valence electrons. The molecule has 0 bridgehead atoms. The Labute approximate surface area is 170 Å². The maximum atomic E-state index is 13.1. The first kappa shape index (κ1) is 19.5. The fraction of sp³-hybridized carbons (Fsp3) is 0.391. The van der Waals surface area contributed by atoms with Crippen molar-refractivity contribution in [1.29, 1.82) is 0 Å². The van der Waals surface area contributed by atoms with Gasteiger partial charge in [-0.2, -0.15) is 0 Å². The minimum absolute atomic E-state index is 0.106. The van der Waals surface area contributed by atoms with Gasteiger partial charge in [0.15, 0.2) is 0 Å². The van der Waals surface area contributed by atoms with Crippen LogP contribution in [0.3, 0.4) is 0 Å². The Kier molecular flexibility index (Phi) is 5.81. The van der Waals surface area contributed by atoms with E-state index in [4.69, 9.17) is 9.47 Å². The number of hydrogen-bond donors (Lipinski definition) is 0. The zero-order valence-corrected chi connectivity index (χ0v) is 17.1. The molecule has 2 heterocycles. The molecule has 3 aromatic rings. The average molecular weight is 393 g/mol. The minimum atomic E-state index is -0.106. The van der Waals surface area contributed by atoms with Crippen molar-refractivity contribution in [2.24, 2.45) is 0 Å². The summed E-state index contributed by atoms with van der Waals surface area (Å²) in [6, 6.07) is 13.0. The second-order valence-electron chi connectivity index (χ2n) is 7.40. The first-order valence-corrected chi connectivity index (χ1v) is 10.2. The van der Waals surface area contributed by atoms with E-state index in [-0.39, 0.29) is 5.56 Å². The van der Waals surface area contributed by atoms with E-state index in [0.29, 0.717) is 29.1 Å². The van der Waals surface area contributed by atoms with Gasteiger partial charge < -0.3 is 14.4 Å². The van der Waals surface area contributed by atoms with Gasteiger partial charge in [-0.25, -0.2) is 4.98 Å². The first-order chi connectivity index (χ1) is 14.2. The number of aromatic nitrogens is 2. The summed E-state index contributed by atoms with van der Waals surface area (Å²) in [5, 5.41) is 0.539. The molecule has 0 unspecified atom stereocenters. The molecule has 0 radical (unpaired) electrons. The number of fused-ring (bicyclic) bond motifs is 1. The maximum absolute atomic E-state index is 13.1. The summed E-state index contributed by atoms with van der Waals surface area (Å²) in [5.41, 5.74) is 1.26. The van der Waals surface area contributed by atoms with Crippen molar-refractivity contribution in [2.45, 2.75) is 26.2 Å². The van der Waals surface area contributed by atoms with Crippen LogP contribution in [0.2, 0.25) is 0 Å². The van der Waals surface area contributed by atoms with Gasteiger partial charge in [-0.1, -0.05) is 6.07 Å². The van der Waals surface area contributed by atoms with Gasteiger partial charge in [0.2, 0.25) is 0 Å². The van der Waals surface area contributed by atoms with Crippen molar-refractivity contribution >= 4 is 10.9 Å². The summed E-state index contributed by atoms with van der Waals surface area (Å²) >= 11 is 0. The van der Waals surface area contributed by atoms with Crippen molar-refractivity contribution in [3.05, 3.63) is 58.6 Å². The molecule has 1 fully saturated rings. The predicted molar refractivity (Wildman–Crippen MR) is 114 cm³/mol. The van der Waals surface area contributed by atoms with Crippen LogP contribution >= 0.6 is 0 Å². The van der Waals surface area contributed by atoms with E-state index in [1.165, 1.54) is 25.9 Å². The van der Waals surface area contributed by atoms with Gasteiger partial charge in [-0.15, -0.1) is 0 Å². The van der Waals surface area contributed by atoms with Gasteiger partial charge in [-0.3, -0.25) is 9.36 Å². The van der Waals surface area contributed by atoms with E-state index in [1.54, 1.807) is 17.7 Å². The Morgan fingerprint density at radius 2 is 1.83 bits per heavy atom. The van der Waals surface area contributed by atoms with Crippen molar-refractivity contribution < 1.29 is 9.47 Å². The number of aryl methyl sites for hydroxylation is 1. The molecule has 0 N–H and O–H groups in total. The number of para-hydroxylation sites is 1. The summed E-state index contributed by atoms with van der Waals surface area (Å²) in [6.07, 6.45) is 3.66. The second kappa shape index (κ2) is 8.66. The van der Waals surface area contributed by atoms with Crippen LogP contribution < -0.4 is 15.0 Å². The quantitative estimate of drug-likeness (QED) is 0.575. The molecular weight excluding hydrogens is 366 g/mol. The summed E-state index contributed by atoms with van der Waals surface area (Å²) in [4.78, 5) is 20.2. The molecule has 1 aliphatic rings. The zero-order chi connectivity index (χ0) is 20.2. The molecule has 0 saturated carbocycles. The molecule has 0 amide bonds. The highest BCUT2D eigenvalue weighted by Gasteiger charge is 2.13. The molecule has 6 nitrogen and oxygen atoms in total. The third-order valence-electron chi connectivity index (χ3n) is 5.43. The summed E-state index contributed by atoms with van der Waals surface area (Å²) < 4.78 is 12.8. The molecule has 4 rings (SSSR count). The number of hydrogen-bond acceptors (Lipinski definition) is 5. The van der Waals surface area contributed by atoms with Crippen LogP contribution in [0.5, 0.6) is 11.5 Å². The SMILES string of the molecule is COc1cccc2c(=O)n(-c3ccc(OCCCN4CCCC4)cc3)c(C)nc12. The summed E-state index contributed by atoms with van der Waals surface area (Å²) in [7, 11) is 1.58. The topological polar surface area (TPSA) is 56.6 Å². The number of rotatable bonds is 7. The first-order valence-electron chi connectivity index (χ1n) is 10.2. The molecule has 1 aromatic heterocycles. The fourth-order valence-electron chi connectivity index (χ4n) is 3.93. The number of benzene rings is 2. The molecule has 0 atom stereocenters. The van der Waals surface area contributed by atoms with Gasteiger partial charge in [0, 0.05) is 6.54 Å². The highest BCUT2D eigenvalue weighted by molar-refractivity contribution is 5.84. The highest BCUT2D eigenvalue weighted by atomic mass is 16.5. The van der Waals surface area contributed by atoms with Gasteiger partial charge in [0.25, 0.3) is 5.56 Å². The van der Waals surface area contributed by atoms with E-state index in [0.717, 1.165) is 24.4 Å². The lowest BCUT2D eigenvalue weighted by molar-refractivity contribution is 0.263. The molecule has 6 heteroatoms. The van der Waals surface area contributed by atoms with E-state index in [9.17, 15) is 4.79 Å². The third-order valence-corrected chi connectivity index (χ3v) is 5.43. The Morgan fingerprint density at radius 1 is 1.07 bits per heavy atom. The van der Waals surface area contributed by atoms with Crippen LogP contribution in [0.25, 0.3) is 16.6 Å². The highest BCUT2D eigenvalue weighted by Crippen LogP contribution is 2.23. The van der Waals surface area contributed by atoms with Crippen LogP contribution in [0.1, 0.15) is 25.1 Å². The van der Waals surface area contributed by atoms with Crippen LogP contribution in [-0.2, 0) is 0 Å². The Bertz CT molecular complexity index is 1040. The van der Waals surface area contributed by atoms with E-state index < -0.39 is 0 Å².